The van der Waals surface area contributed by atoms with E-state index in [4.69, 9.17) is 9.47 Å². The number of esters is 1. The van der Waals surface area contributed by atoms with Gasteiger partial charge in [0.1, 0.15) is 10.6 Å². The predicted molar refractivity (Wildman–Crippen MR) is 133 cm³/mol. The Morgan fingerprint density at radius 3 is 2.39 bits per heavy atom. The summed E-state index contributed by atoms with van der Waals surface area (Å²) in [7, 11) is -4.47. The Labute approximate surface area is 211 Å². The second kappa shape index (κ2) is 11.4. The molecule has 1 heterocycles. The number of methoxy groups -OCH3 is 1. The summed E-state index contributed by atoms with van der Waals surface area (Å²) >= 11 is 0. The molecule has 0 saturated carbocycles. The molecule has 1 aliphatic rings. The fraction of sp³-hybridized carbons (Fsp3) is 0.417. The summed E-state index contributed by atoms with van der Waals surface area (Å²) in [5.74, 6) is -1.44. The monoisotopic (exact) mass is 538 g/mol. The maximum Gasteiger partial charge on any atom is 0.338 e. The Morgan fingerprint density at radius 2 is 1.81 bits per heavy atom. The molecule has 12 heteroatoms. The second-order valence-electron chi connectivity index (χ2n) is 8.43. The number of hydrogen-bond acceptors (Lipinski definition) is 8. The molecule has 0 unspecified atom stereocenters. The van der Waals surface area contributed by atoms with Gasteiger partial charge in [-0.1, -0.05) is 30.3 Å². The van der Waals surface area contributed by atoms with Gasteiger partial charge in [-0.25, -0.2) is 21.6 Å². The predicted octanol–water partition coefficient (Wildman–Crippen LogP) is 1.71. The molecule has 1 aliphatic heterocycles. The lowest BCUT2D eigenvalue weighted by Crippen LogP contribution is -2.43. The first-order valence-electron chi connectivity index (χ1n) is 11.3. The van der Waals surface area contributed by atoms with Crippen LogP contribution < -0.4 is 4.74 Å². The molecule has 0 aliphatic carbocycles. The average molecular weight is 539 g/mol. The minimum Gasteiger partial charge on any atom is -0.495 e. The van der Waals surface area contributed by atoms with Gasteiger partial charge in [-0.3, -0.25) is 4.79 Å². The molecule has 196 valence electrons. The van der Waals surface area contributed by atoms with Crippen LogP contribution in [0.3, 0.4) is 0 Å². The van der Waals surface area contributed by atoms with Crippen molar-refractivity contribution in [3.63, 3.8) is 0 Å². The van der Waals surface area contributed by atoms with Crippen LogP contribution in [0.25, 0.3) is 0 Å². The van der Waals surface area contributed by atoms with Crippen LogP contribution in [-0.2, 0) is 35.9 Å². The molecule has 10 nitrogen and oxygen atoms in total. The summed E-state index contributed by atoms with van der Waals surface area (Å²) < 4.78 is 61.6. The summed E-state index contributed by atoms with van der Waals surface area (Å²) in [6.07, 6.45) is 0.339. The van der Waals surface area contributed by atoms with Crippen molar-refractivity contribution in [1.29, 1.82) is 0 Å². The number of carbonyl (C=O) groups is 2. The van der Waals surface area contributed by atoms with E-state index >= 15 is 0 Å². The third kappa shape index (κ3) is 6.42. The lowest BCUT2D eigenvalue weighted by Gasteiger charge is -2.26. The number of sulfonamides is 1. The molecule has 3 rings (SSSR count). The van der Waals surface area contributed by atoms with Gasteiger partial charge in [0.05, 0.1) is 24.2 Å². The Kier molecular flexibility index (Phi) is 8.75. The average Bonchev–Trinajstić information content (AvgIpc) is 3.22. The largest absolute Gasteiger partial charge is 0.495 e. The molecular formula is C24H30N2O8S2. The molecule has 2 aromatic carbocycles. The maximum absolute atomic E-state index is 13.3. The highest BCUT2D eigenvalue weighted by Gasteiger charge is 2.34. The molecule has 0 N–H and O–H groups in total. The Hall–Kier alpha value is -2.96. The minimum atomic E-state index is -4.04. The molecule has 1 amide bonds. The van der Waals surface area contributed by atoms with E-state index in [0.29, 0.717) is 6.42 Å². The van der Waals surface area contributed by atoms with Gasteiger partial charge in [0.2, 0.25) is 10.0 Å². The van der Waals surface area contributed by atoms with Crippen LogP contribution in [0.2, 0.25) is 0 Å². The highest BCUT2D eigenvalue weighted by atomic mass is 32.2. The fourth-order valence-electron chi connectivity index (χ4n) is 4.05. The molecule has 0 radical (unpaired) electrons. The molecular weight excluding hydrogens is 508 g/mol. The van der Waals surface area contributed by atoms with Crippen LogP contribution in [0.15, 0.2) is 53.4 Å². The number of hydrogen-bond donors (Lipinski definition) is 0. The van der Waals surface area contributed by atoms with Crippen molar-refractivity contribution >= 4 is 31.7 Å². The van der Waals surface area contributed by atoms with Gasteiger partial charge < -0.3 is 14.4 Å². The lowest BCUT2D eigenvalue weighted by atomic mass is 10.2. The van der Waals surface area contributed by atoms with E-state index < -0.39 is 44.4 Å². The summed E-state index contributed by atoms with van der Waals surface area (Å²) in [6.45, 7) is 1.51. The third-order valence-corrected chi connectivity index (χ3v) is 9.55. The van der Waals surface area contributed by atoms with Crippen molar-refractivity contribution in [2.24, 2.45) is 0 Å². The standard InChI is InChI=1S/C24H30N2O8S2/c1-4-26(20-12-13-35(29,30)17-20)23(27)16-34-24(28)19-10-11-21(33-3)22(14-19)36(31,32)25(2)15-18-8-6-5-7-9-18/h5-11,14,20H,4,12-13,15-17H2,1-3H3/t20-/m1/s1. The number of likely N-dealkylation sites (N-methyl/N-ethyl adjacent to an activating group) is 1. The van der Waals surface area contributed by atoms with E-state index in [1.165, 1.54) is 31.2 Å². The summed E-state index contributed by atoms with van der Waals surface area (Å²) in [5, 5.41) is 0. The van der Waals surface area contributed by atoms with Crippen molar-refractivity contribution in [2.75, 3.05) is 38.8 Å². The smallest absolute Gasteiger partial charge is 0.338 e. The highest BCUT2D eigenvalue weighted by molar-refractivity contribution is 7.91. The maximum atomic E-state index is 13.3. The number of carbonyl (C=O) groups excluding carboxylic acids is 2. The SMILES string of the molecule is CCN(C(=O)COC(=O)c1ccc(OC)c(S(=O)(=O)N(C)Cc2ccccc2)c1)[C@@H]1CCS(=O)(=O)C1. The molecule has 0 bridgehead atoms. The molecule has 1 saturated heterocycles. The first-order chi connectivity index (χ1) is 17.0. The van der Waals surface area contributed by atoms with Crippen molar-refractivity contribution < 1.29 is 35.9 Å². The molecule has 0 spiro atoms. The number of amides is 1. The number of nitrogens with zero attached hydrogens (tertiary/aromatic N) is 2. The normalized spacial score (nSPS) is 17.1. The van der Waals surface area contributed by atoms with Gasteiger partial charge in [-0.2, -0.15) is 4.31 Å². The fourth-order valence-corrected chi connectivity index (χ4v) is 7.12. The number of benzene rings is 2. The van der Waals surface area contributed by atoms with Gasteiger partial charge in [-0.15, -0.1) is 0 Å². The van der Waals surface area contributed by atoms with Crippen LogP contribution in [-0.4, -0.2) is 82.8 Å². The summed E-state index contributed by atoms with van der Waals surface area (Å²) in [5.41, 5.74) is 0.717. The van der Waals surface area contributed by atoms with Gasteiger partial charge >= 0.3 is 5.97 Å². The third-order valence-electron chi connectivity index (χ3n) is 5.97. The van der Waals surface area contributed by atoms with Crippen molar-refractivity contribution in [2.45, 2.75) is 30.8 Å². The van der Waals surface area contributed by atoms with Crippen LogP contribution in [0.5, 0.6) is 5.75 Å². The Balaban J connectivity index is 1.74. The Bertz CT molecular complexity index is 1310. The van der Waals surface area contributed by atoms with Gasteiger partial charge in [-0.05, 0) is 37.1 Å². The number of sulfone groups is 1. The van der Waals surface area contributed by atoms with Crippen LogP contribution in [0.4, 0.5) is 0 Å². The number of rotatable bonds is 10. The van der Waals surface area contributed by atoms with Crippen LogP contribution in [0, 0.1) is 0 Å². The molecule has 36 heavy (non-hydrogen) atoms. The molecule has 1 fully saturated rings. The first-order valence-corrected chi connectivity index (χ1v) is 14.6. The zero-order valence-corrected chi connectivity index (χ0v) is 22.0. The first kappa shape index (κ1) is 27.6. The van der Waals surface area contributed by atoms with Crippen molar-refractivity contribution in [3.05, 3.63) is 59.7 Å². The van der Waals surface area contributed by atoms with Gasteiger partial charge in [0.25, 0.3) is 5.91 Å². The van der Waals surface area contributed by atoms with E-state index in [1.807, 2.05) is 6.07 Å². The van der Waals surface area contributed by atoms with Crippen molar-refractivity contribution in [3.8, 4) is 5.75 Å². The van der Waals surface area contributed by atoms with Crippen molar-refractivity contribution in [1.82, 2.24) is 9.21 Å². The minimum absolute atomic E-state index is 0.0169. The van der Waals surface area contributed by atoms with Gasteiger partial charge in [0, 0.05) is 26.2 Å². The molecule has 0 aromatic heterocycles. The second-order valence-corrected chi connectivity index (χ2v) is 12.7. The summed E-state index contributed by atoms with van der Waals surface area (Å²) in [4.78, 5) is 26.5. The molecule has 1 atom stereocenters. The summed E-state index contributed by atoms with van der Waals surface area (Å²) in [6, 6.07) is 12.4. The van der Waals surface area contributed by atoms with E-state index in [1.54, 1.807) is 31.2 Å². The highest BCUT2D eigenvalue weighted by Crippen LogP contribution is 2.28. The Morgan fingerprint density at radius 1 is 1.11 bits per heavy atom. The zero-order chi connectivity index (χ0) is 26.5. The van der Waals surface area contributed by atoms with Crippen LogP contribution in [0.1, 0.15) is 29.3 Å². The van der Waals surface area contributed by atoms with Crippen LogP contribution >= 0.6 is 0 Å². The van der Waals surface area contributed by atoms with E-state index in [-0.39, 0.29) is 40.8 Å². The topological polar surface area (TPSA) is 127 Å². The van der Waals surface area contributed by atoms with E-state index in [0.717, 1.165) is 15.9 Å². The van der Waals surface area contributed by atoms with Gasteiger partial charge in [0.15, 0.2) is 16.4 Å². The lowest BCUT2D eigenvalue weighted by molar-refractivity contribution is -0.136. The number of ether oxygens (including phenoxy) is 2. The van der Waals surface area contributed by atoms with E-state index in [2.05, 4.69) is 0 Å². The van der Waals surface area contributed by atoms with E-state index in [9.17, 15) is 26.4 Å². The zero-order valence-electron chi connectivity index (χ0n) is 20.4. The quantitative estimate of drug-likeness (QED) is 0.419. The molecule has 2 aromatic rings.